The van der Waals surface area contributed by atoms with Crippen LogP contribution in [0.4, 0.5) is 11.8 Å². The SMILES string of the molecule is C[C@@H](NC(=S)Nc1nc(Cl)cc(N2CCOCC2)n1)c1ccccc1. The van der Waals surface area contributed by atoms with Gasteiger partial charge >= 0.3 is 0 Å². The van der Waals surface area contributed by atoms with Crippen LogP contribution in [0, 0.1) is 0 Å². The van der Waals surface area contributed by atoms with Crippen LogP contribution in [0.15, 0.2) is 36.4 Å². The fraction of sp³-hybridized carbons (Fsp3) is 0.353. The van der Waals surface area contributed by atoms with Crippen molar-refractivity contribution >= 4 is 40.7 Å². The van der Waals surface area contributed by atoms with Gasteiger partial charge in [0.25, 0.3) is 0 Å². The highest BCUT2D eigenvalue weighted by Gasteiger charge is 2.15. The highest BCUT2D eigenvalue weighted by atomic mass is 35.5. The maximum Gasteiger partial charge on any atom is 0.232 e. The summed E-state index contributed by atoms with van der Waals surface area (Å²) in [5, 5.41) is 7.07. The molecule has 1 aliphatic heterocycles. The Morgan fingerprint density at radius 3 is 2.68 bits per heavy atom. The Morgan fingerprint density at radius 2 is 1.96 bits per heavy atom. The largest absolute Gasteiger partial charge is 0.378 e. The first-order valence-corrected chi connectivity index (χ1v) is 8.90. The van der Waals surface area contributed by atoms with E-state index in [9.17, 15) is 0 Å². The molecule has 132 valence electrons. The summed E-state index contributed by atoms with van der Waals surface area (Å²) in [5.74, 6) is 1.15. The fourth-order valence-electron chi connectivity index (χ4n) is 2.58. The molecule has 0 aliphatic carbocycles. The third-order valence-electron chi connectivity index (χ3n) is 3.89. The van der Waals surface area contributed by atoms with Crippen molar-refractivity contribution in [3.8, 4) is 0 Å². The molecule has 2 aromatic rings. The summed E-state index contributed by atoms with van der Waals surface area (Å²) in [5.41, 5.74) is 1.15. The van der Waals surface area contributed by atoms with E-state index in [1.807, 2.05) is 37.3 Å². The van der Waals surface area contributed by atoms with E-state index in [0.717, 1.165) is 24.5 Å². The van der Waals surface area contributed by atoms with Crippen molar-refractivity contribution < 1.29 is 4.74 Å². The molecular weight excluding hydrogens is 358 g/mol. The summed E-state index contributed by atoms with van der Waals surface area (Å²) in [7, 11) is 0. The van der Waals surface area contributed by atoms with Gasteiger partial charge in [0.1, 0.15) is 11.0 Å². The quantitative estimate of drug-likeness (QED) is 0.627. The second-order valence-electron chi connectivity index (χ2n) is 5.70. The van der Waals surface area contributed by atoms with Crippen molar-refractivity contribution in [2.75, 3.05) is 36.5 Å². The maximum atomic E-state index is 6.14. The summed E-state index contributed by atoms with van der Waals surface area (Å²) in [4.78, 5) is 10.8. The Balaban J connectivity index is 1.65. The van der Waals surface area contributed by atoms with Gasteiger partial charge < -0.3 is 20.3 Å². The van der Waals surface area contributed by atoms with Crippen LogP contribution in [0.3, 0.4) is 0 Å². The maximum absolute atomic E-state index is 6.14. The average molecular weight is 378 g/mol. The van der Waals surface area contributed by atoms with Crippen molar-refractivity contribution in [3.05, 3.63) is 47.1 Å². The van der Waals surface area contributed by atoms with E-state index >= 15 is 0 Å². The van der Waals surface area contributed by atoms with Crippen LogP contribution in [0.5, 0.6) is 0 Å². The molecule has 25 heavy (non-hydrogen) atoms. The molecule has 0 bridgehead atoms. The molecule has 1 saturated heterocycles. The molecule has 1 aromatic carbocycles. The van der Waals surface area contributed by atoms with Crippen molar-refractivity contribution in [2.45, 2.75) is 13.0 Å². The van der Waals surface area contributed by atoms with Crippen LogP contribution in [0.25, 0.3) is 0 Å². The number of nitrogens with one attached hydrogen (secondary N) is 2. The van der Waals surface area contributed by atoms with Gasteiger partial charge in [0.2, 0.25) is 5.95 Å². The van der Waals surface area contributed by atoms with Gasteiger partial charge in [-0.3, -0.25) is 0 Å². The van der Waals surface area contributed by atoms with Crippen molar-refractivity contribution in [2.24, 2.45) is 0 Å². The van der Waals surface area contributed by atoms with E-state index in [0.29, 0.717) is 29.4 Å². The van der Waals surface area contributed by atoms with E-state index in [2.05, 4.69) is 25.5 Å². The standard InChI is InChI=1S/C17H20ClN5OS/c1-12(13-5-3-2-4-6-13)19-17(25)22-16-20-14(18)11-15(21-16)23-7-9-24-10-8-23/h2-6,11-12H,7-10H2,1H3,(H2,19,20,21,22,25)/t12-/m1/s1. The smallest absolute Gasteiger partial charge is 0.232 e. The number of benzene rings is 1. The second kappa shape index (κ2) is 8.42. The van der Waals surface area contributed by atoms with Gasteiger partial charge in [-0.15, -0.1) is 0 Å². The number of morpholine rings is 1. The number of hydrogen-bond acceptors (Lipinski definition) is 5. The topological polar surface area (TPSA) is 62.3 Å². The number of thiocarbonyl (C=S) groups is 1. The van der Waals surface area contributed by atoms with Crippen LogP contribution >= 0.6 is 23.8 Å². The molecule has 0 radical (unpaired) electrons. The number of halogens is 1. The zero-order valence-corrected chi connectivity index (χ0v) is 15.5. The molecule has 8 heteroatoms. The Labute approximate surface area is 157 Å². The summed E-state index contributed by atoms with van der Waals surface area (Å²) >= 11 is 11.5. The summed E-state index contributed by atoms with van der Waals surface area (Å²) in [6.07, 6.45) is 0. The second-order valence-corrected chi connectivity index (χ2v) is 6.50. The molecule has 6 nitrogen and oxygen atoms in total. The Bertz CT molecular complexity index is 724. The number of nitrogens with zero attached hydrogens (tertiary/aromatic N) is 3. The lowest BCUT2D eigenvalue weighted by molar-refractivity contribution is 0.122. The van der Waals surface area contributed by atoms with E-state index in [4.69, 9.17) is 28.6 Å². The lowest BCUT2D eigenvalue weighted by atomic mass is 10.1. The molecule has 2 N–H and O–H groups in total. The lowest BCUT2D eigenvalue weighted by Crippen LogP contribution is -2.37. The number of aromatic nitrogens is 2. The van der Waals surface area contributed by atoms with Gasteiger partial charge in [0, 0.05) is 19.2 Å². The zero-order chi connectivity index (χ0) is 17.6. The fourth-order valence-corrected chi connectivity index (χ4v) is 3.02. The van der Waals surface area contributed by atoms with Gasteiger partial charge in [-0.25, -0.2) is 4.98 Å². The molecule has 1 fully saturated rings. The predicted molar refractivity (Wildman–Crippen MR) is 104 cm³/mol. The molecule has 1 atom stereocenters. The molecule has 0 saturated carbocycles. The third-order valence-corrected chi connectivity index (χ3v) is 4.30. The normalized spacial score (nSPS) is 15.5. The molecule has 3 rings (SSSR count). The van der Waals surface area contributed by atoms with Crippen molar-refractivity contribution in [3.63, 3.8) is 0 Å². The number of anilines is 2. The third kappa shape index (κ3) is 5.01. The highest BCUT2D eigenvalue weighted by Crippen LogP contribution is 2.19. The first-order valence-electron chi connectivity index (χ1n) is 8.11. The predicted octanol–water partition coefficient (Wildman–Crippen LogP) is 3.01. The van der Waals surface area contributed by atoms with E-state index in [-0.39, 0.29) is 6.04 Å². The van der Waals surface area contributed by atoms with E-state index in [1.54, 1.807) is 6.07 Å². The average Bonchev–Trinajstić information content (AvgIpc) is 2.62. The van der Waals surface area contributed by atoms with Gasteiger partial charge in [-0.2, -0.15) is 4.98 Å². The van der Waals surface area contributed by atoms with Crippen molar-refractivity contribution in [1.29, 1.82) is 0 Å². The first kappa shape index (κ1) is 17.8. The molecule has 2 heterocycles. The van der Waals surface area contributed by atoms with Gasteiger partial charge in [0.15, 0.2) is 5.11 Å². The summed E-state index contributed by atoms with van der Waals surface area (Å²) in [6.45, 7) is 4.96. The van der Waals surface area contributed by atoms with Gasteiger partial charge in [-0.05, 0) is 24.7 Å². The van der Waals surface area contributed by atoms with Crippen LogP contribution in [-0.2, 0) is 4.74 Å². The summed E-state index contributed by atoms with van der Waals surface area (Å²) < 4.78 is 5.37. The van der Waals surface area contributed by atoms with E-state index < -0.39 is 0 Å². The van der Waals surface area contributed by atoms with Crippen LogP contribution in [0.1, 0.15) is 18.5 Å². The van der Waals surface area contributed by atoms with Crippen LogP contribution in [-0.4, -0.2) is 41.4 Å². The van der Waals surface area contributed by atoms with E-state index in [1.165, 1.54) is 0 Å². The van der Waals surface area contributed by atoms with Crippen LogP contribution in [0.2, 0.25) is 5.15 Å². The number of ether oxygens (including phenoxy) is 1. The molecule has 1 aliphatic rings. The first-order chi connectivity index (χ1) is 12.1. The Morgan fingerprint density at radius 1 is 1.24 bits per heavy atom. The van der Waals surface area contributed by atoms with Gasteiger partial charge in [-0.1, -0.05) is 41.9 Å². The summed E-state index contributed by atoms with van der Waals surface area (Å²) in [6, 6.07) is 11.9. The molecule has 1 aromatic heterocycles. The Hall–Kier alpha value is -1.96. The molecule has 0 amide bonds. The zero-order valence-electron chi connectivity index (χ0n) is 13.9. The minimum Gasteiger partial charge on any atom is -0.378 e. The van der Waals surface area contributed by atoms with Crippen molar-refractivity contribution in [1.82, 2.24) is 15.3 Å². The highest BCUT2D eigenvalue weighted by molar-refractivity contribution is 7.80. The monoisotopic (exact) mass is 377 g/mol. The number of rotatable bonds is 4. The molecular formula is C17H20ClN5OS. The molecule has 0 unspecified atom stereocenters. The number of hydrogen-bond donors (Lipinski definition) is 2. The lowest BCUT2D eigenvalue weighted by Gasteiger charge is -2.28. The van der Waals surface area contributed by atoms with Gasteiger partial charge in [0.05, 0.1) is 19.3 Å². The minimum absolute atomic E-state index is 0.0686. The Kier molecular flexibility index (Phi) is 6.01. The minimum atomic E-state index is 0.0686. The molecule has 0 spiro atoms. The van der Waals surface area contributed by atoms with Crippen LogP contribution < -0.4 is 15.5 Å².